The van der Waals surface area contributed by atoms with Crippen LogP contribution in [0.2, 0.25) is 0 Å². The maximum absolute atomic E-state index is 13.8. The van der Waals surface area contributed by atoms with Crippen molar-refractivity contribution in [2.24, 2.45) is 0 Å². The van der Waals surface area contributed by atoms with Crippen LogP contribution >= 0.6 is 0 Å². The van der Waals surface area contributed by atoms with Crippen molar-refractivity contribution in [2.75, 3.05) is 17.2 Å². The maximum atomic E-state index is 13.8. The van der Waals surface area contributed by atoms with Crippen LogP contribution in [-0.4, -0.2) is 30.2 Å². The first kappa shape index (κ1) is 19.7. The van der Waals surface area contributed by atoms with Gasteiger partial charge in [0.05, 0.1) is 11.4 Å². The molecular weight excluding hydrogens is 320 g/mol. The van der Waals surface area contributed by atoms with E-state index in [0.29, 0.717) is 6.54 Å². The zero-order chi connectivity index (χ0) is 18.5. The number of carbonyl (C=O) groups is 2. The average molecular weight is 343 g/mol. The summed E-state index contributed by atoms with van der Waals surface area (Å²) in [6, 6.07) is 1.23. The number of hydrogen-bond acceptors (Lipinski definition) is 4. The van der Waals surface area contributed by atoms with Crippen LogP contribution in [0.1, 0.15) is 34.6 Å². The SMILES string of the molecule is CCNc1c(NC(=O)[C@@H](C)NC(=O)OC(C)(C)C)ccc(F)c1F. The molecule has 0 aliphatic heterocycles. The minimum atomic E-state index is -1.08. The Hall–Kier alpha value is -2.38. The molecule has 0 radical (unpaired) electrons. The summed E-state index contributed by atoms with van der Waals surface area (Å²) in [5, 5.41) is 7.49. The molecule has 0 heterocycles. The summed E-state index contributed by atoms with van der Waals surface area (Å²) in [6.07, 6.45) is -0.748. The molecular formula is C16H23F2N3O3. The first-order chi connectivity index (χ1) is 11.0. The molecule has 1 aromatic carbocycles. The standard InChI is InChI=1S/C16H23F2N3O3/c1-6-19-13-11(8-7-10(17)12(13)18)21-14(22)9(2)20-15(23)24-16(3,4)5/h7-9,19H,6H2,1-5H3,(H,20,23)(H,21,22)/t9-/m1/s1. The molecule has 0 fully saturated rings. The third kappa shape index (κ3) is 5.68. The third-order valence-electron chi connectivity index (χ3n) is 2.83. The number of carbonyl (C=O) groups excluding carboxylic acids is 2. The van der Waals surface area contributed by atoms with E-state index in [1.807, 2.05) is 0 Å². The molecule has 0 spiro atoms. The summed E-state index contributed by atoms with van der Waals surface area (Å²) < 4.78 is 32.2. The van der Waals surface area contributed by atoms with E-state index in [9.17, 15) is 18.4 Å². The van der Waals surface area contributed by atoms with E-state index in [1.54, 1.807) is 27.7 Å². The number of nitrogens with one attached hydrogen (secondary N) is 3. The Labute approximate surface area is 139 Å². The van der Waals surface area contributed by atoms with Gasteiger partial charge in [0.25, 0.3) is 0 Å². The van der Waals surface area contributed by atoms with Crippen LogP contribution < -0.4 is 16.0 Å². The number of rotatable bonds is 5. The molecule has 0 bridgehead atoms. The van der Waals surface area contributed by atoms with Gasteiger partial charge in [0, 0.05) is 6.54 Å². The lowest BCUT2D eigenvalue weighted by atomic mass is 10.2. The molecule has 6 nitrogen and oxygen atoms in total. The maximum Gasteiger partial charge on any atom is 0.408 e. The molecule has 0 aliphatic rings. The van der Waals surface area contributed by atoms with Gasteiger partial charge in [-0.15, -0.1) is 0 Å². The van der Waals surface area contributed by atoms with Gasteiger partial charge in [-0.2, -0.15) is 0 Å². The van der Waals surface area contributed by atoms with E-state index < -0.39 is 35.3 Å². The van der Waals surface area contributed by atoms with E-state index in [2.05, 4.69) is 16.0 Å². The van der Waals surface area contributed by atoms with Gasteiger partial charge in [-0.25, -0.2) is 13.6 Å². The Bertz CT molecular complexity index is 615. The van der Waals surface area contributed by atoms with Gasteiger partial charge >= 0.3 is 6.09 Å². The van der Waals surface area contributed by atoms with Gasteiger partial charge in [-0.1, -0.05) is 0 Å². The number of ether oxygens (including phenoxy) is 1. The number of benzene rings is 1. The van der Waals surface area contributed by atoms with Gasteiger partial charge in [-0.05, 0) is 46.8 Å². The molecule has 0 saturated heterocycles. The molecule has 0 unspecified atom stereocenters. The van der Waals surface area contributed by atoms with E-state index in [4.69, 9.17) is 4.74 Å². The van der Waals surface area contributed by atoms with Crippen LogP contribution in [0.3, 0.4) is 0 Å². The normalized spacial score (nSPS) is 12.3. The predicted octanol–water partition coefficient (Wildman–Crippen LogP) is 3.25. The van der Waals surface area contributed by atoms with Crippen LogP contribution in [-0.2, 0) is 9.53 Å². The number of alkyl carbamates (subject to hydrolysis) is 1. The second-order valence-electron chi connectivity index (χ2n) is 6.17. The first-order valence-corrected chi connectivity index (χ1v) is 7.57. The van der Waals surface area contributed by atoms with Crippen LogP contribution in [0.5, 0.6) is 0 Å². The number of amides is 2. The van der Waals surface area contributed by atoms with Gasteiger partial charge in [0.2, 0.25) is 5.91 Å². The summed E-state index contributed by atoms with van der Waals surface area (Å²) in [6.45, 7) is 8.59. The summed E-state index contributed by atoms with van der Waals surface area (Å²) >= 11 is 0. The molecule has 2 amide bonds. The summed E-state index contributed by atoms with van der Waals surface area (Å²) in [5.74, 6) is -2.70. The third-order valence-corrected chi connectivity index (χ3v) is 2.83. The number of hydrogen-bond donors (Lipinski definition) is 3. The van der Waals surface area contributed by atoms with Crippen LogP contribution in [0.4, 0.5) is 25.0 Å². The molecule has 0 aromatic heterocycles. The van der Waals surface area contributed by atoms with Crippen molar-refractivity contribution >= 4 is 23.4 Å². The second-order valence-corrected chi connectivity index (χ2v) is 6.17. The van der Waals surface area contributed by atoms with Crippen molar-refractivity contribution < 1.29 is 23.1 Å². The Kier molecular flexibility index (Phi) is 6.51. The molecule has 1 rings (SSSR count). The molecule has 1 atom stereocenters. The highest BCUT2D eigenvalue weighted by Crippen LogP contribution is 2.27. The highest BCUT2D eigenvalue weighted by molar-refractivity contribution is 5.98. The molecule has 134 valence electrons. The Morgan fingerprint density at radius 2 is 1.88 bits per heavy atom. The number of anilines is 2. The smallest absolute Gasteiger partial charge is 0.408 e. The first-order valence-electron chi connectivity index (χ1n) is 7.57. The largest absolute Gasteiger partial charge is 0.444 e. The van der Waals surface area contributed by atoms with Crippen molar-refractivity contribution in [3.05, 3.63) is 23.8 Å². The highest BCUT2D eigenvalue weighted by Gasteiger charge is 2.22. The monoisotopic (exact) mass is 343 g/mol. The summed E-state index contributed by atoms with van der Waals surface area (Å²) in [4.78, 5) is 23.8. The van der Waals surface area contributed by atoms with Crippen molar-refractivity contribution in [2.45, 2.75) is 46.3 Å². The summed E-state index contributed by atoms with van der Waals surface area (Å²) in [5.41, 5.74) is -0.757. The van der Waals surface area contributed by atoms with Crippen molar-refractivity contribution in [3.63, 3.8) is 0 Å². The summed E-state index contributed by atoms with van der Waals surface area (Å²) in [7, 11) is 0. The molecule has 3 N–H and O–H groups in total. The Morgan fingerprint density at radius 3 is 2.42 bits per heavy atom. The van der Waals surface area contributed by atoms with Crippen LogP contribution in [0.25, 0.3) is 0 Å². The molecule has 24 heavy (non-hydrogen) atoms. The van der Waals surface area contributed by atoms with Crippen molar-refractivity contribution in [1.82, 2.24) is 5.32 Å². The van der Waals surface area contributed by atoms with Gasteiger partial charge in [-0.3, -0.25) is 4.79 Å². The molecule has 8 heteroatoms. The predicted molar refractivity (Wildman–Crippen MR) is 88.0 cm³/mol. The Balaban J connectivity index is 2.80. The molecule has 0 saturated carbocycles. The molecule has 0 aliphatic carbocycles. The van der Waals surface area contributed by atoms with Gasteiger partial charge < -0.3 is 20.7 Å². The van der Waals surface area contributed by atoms with E-state index in [-0.39, 0.29) is 11.4 Å². The lowest BCUT2D eigenvalue weighted by Crippen LogP contribution is -2.44. The minimum Gasteiger partial charge on any atom is -0.444 e. The fourth-order valence-electron chi connectivity index (χ4n) is 1.80. The topological polar surface area (TPSA) is 79.5 Å². The lowest BCUT2D eigenvalue weighted by molar-refractivity contribution is -0.117. The fourth-order valence-corrected chi connectivity index (χ4v) is 1.80. The quantitative estimate of drug-likeness (QED) is 0.767. The minimum absolute atomic E-state index is 0.0820. The van der Waals surface area contributed by atoms with Crippen molar-refractivity contribution in [3.8, 4) is 0 Å². The van der Waals surface area contributed by atoms with Gasteiger partial charge in [0.1, 0.15) is 11.6 Å². The Morgan fingerprint density at radius 1 is 1.25 bits per heavy atom. The van der Waals surface area contributed by atoms with Crippen LogP contribution in [0.15, 0.2) is 12.1 Å². The fraction of sp³-hybridized carbons (Fsp3) is 0.500. The molecule has 1 aromatic rings. The zero-order valence-electron chi connectivity index (χ0n) is 14.4. The van der Waals surface area contributed by atoms with E-state index in [0.717, 1.165) is 6.07 Å². The zero-order valence-corrected chi connectivity index (χ0v) is 14.4. The average Bonchev–Trinajstić information content (AvgIpc) is 2.44. The second kappa shape index (κ2) is 7.94. The number of halogens is 2. The lowest BCUT2D eigenvalue weighted by Gasteiger charge is -2.22. The van der Waals surface area contributed by atoms with E-state index >= 15 is 0 Å². The van der Waals surface area contributed by atoms with Crippen molar-refractivity contribution in [1.29, 1.82) is 0 Å². The highest BCUT2D eigenvalue weighted by atomic mass is 19.2. The van der Waals surface area contributed by atoms with Crippen LogP contribution in [0, 0.1) is 11.6 Å². The van der Waals surface area contributed by atoms with Gasteiger partial charge in [0.15, 0.2) is 11.6 Å². The van der Waals surface area contributed by atoms with E-state index in [1.165, 1.54) is 13.0 Å².